The van der Waals surface area contributed by atoms with E-state index in [1.165, 1.54) is 11.6 Å². The van der Waals surface area contributed by atoms with E-state index < -0.39 is 0 Å². The molecule has 2 aliphatic carbocycles. The Kier molecular flexibility index (Phi) is 3.20. The van der Waals surface area contributed by atoms with Crippen molar-refractivity contribution in [2.45, 2.75) is 32.6 Å². The second-order valence-electron chi connectivity index (χ2n) is 7.57. The molecule has 0 amide bonds. The third-order valence-electron chi connectivity index (χ3n) is 6.16. The van der Waals surface area contributed by atoms with E-state index in [4.69, 9.17) is 0 Å². The molecule has 1 aromatic heterocycles. The van der Waals surface area contributed by atoms with Gasteiger partial charge in [0, 0.05) is 17.2 Å². The monoisotopic (exact) mass is 346 g/mol. The van der Waals surface area contributed by atoms with Gasteiger partial charge in [-0.05, 0) is 66.2 Å². The van der Waals surface area contributed by atoms with Crippen LogP contribution < -0.4 is 0 Å². The van der Waals surface area contributed by atoms with Crippen molar-refractivity contribution in [3.63, 3.8) is 0 Å². The lowest BCUT2D eigenvalue weighted by Gasteiger charge is -2.36. The van der Waals surface area contributed by atoms with Crippen LogP contribution in [0.15, 0.2) is 48.2 Å². The molecule has 5 rings (SSSR count). The summed E-state index contributed by atoms with van der Waals surface area (Å²) in [5, 5.41) is 8.32. The van der Waals surface area contributed by atoms with Gasteiger partial charge < -0.3 is 0 Å². The molecule has 1 unspecified atom stereocenters. The fourth-order valence-electron chi connectivity index (χ4n) is 4.95. The summed E-state index contributed by atoms with van der Waals surface area (Å²) in [4.78, 5) is 12.5. The van der Waals surface area contributed by atoms with Crippen LogP contribution in [0.25, 0.3) is 16.5 Å². The molecule has 1 atom stereocenters. The largest absolute Gasteiger partial charge is 0.295 e. The number of allylic oxidation sites excluding steroid dienone is 2. The van der Waals surface area contributed by atoms with Gasteiger partial charge in [-0.3, -0.25) is 9.89 Å². The summed E-state index contributed by atoms with van der Waals surface area (Å²) >= 11 is 0. The molecule has 0 fully saturated rings. The van der Waals surface area contributed by atoms with Crippen LogP contribution in [0.3, 0.4) is 0 Å². The molecular weight excluding hydrogens is 327 g/mol. The number of hydrogen-bond acceptors (Lipinski definition) is 2. The van der Waals surface area contributed by atoms with E-state index in [0.29, 0.717) is 12.8 Å². The molecule has 0 radical (unpaired) electrons. The minimum absolute atomic E-state index is 0.166. The first-order valence-corrected chi connectivity index (χ1v) is 9.02. The SMILES string of the molecule is CC1=C2c3ccc4[nH]ncc4c3CC2(Cc2ccccc2F)CCC1=O. The molecule has 1 N–H and O–H groups in total. The highest BCUT2D eigenvalue weighted by molar-refractivity contribution is 6.07. The predicted molar refractivity (Wildman–Crippen MR) is 99.2 cm³/mol. The molecule has 0 aliphatic heterocycles. The number of rotatable bonds is 2. The van der Waals surface area contributed by atoms with Gasteiger partial charge in [0.2, 0.25) is 0 Å². The maximum absolute atomic E-state index is 14.4. The van der Waals surface area contributed by atoms with Crippen molar-refractivity contribution in [3.8, 4) is 0 Å². The predicted octanol–water partition coefficient (Wildman–Crippen LogP) is 4.62. The van der Waals surface area contributed by atoms with Gasteiger partial charge in [-0.25, -0.2) is 4.39 Å². The molecule has 0 saturated carbocycles. The van der Waals surface area contributed by atoms with Crippen LogP contribution >= 0.6 is 0 Å². The van der Waals surface area contributed by atoms with Gasteiger partial charge in [0.15, 0.2) is 5.78 Å². The van der Waals surface area contributed by atoms with E-state index in [2.05, 4.69) is 16.3 Å². The Morgan fingerprint density at radius 2 is 2.08 bits per heavy atom. The van der Waals surface area contributed by atoms with E-state index in [9.17, 15) is 9.18 Å². The molecule has 4 heteroatoms. The van der Waals surface area contributed by atoms with Crippen molar-refractivity contribution >= 4 is 22.3 Å². The van der Waals surface area contributed by atoms with Gasteiger partial charge in [-0.1, -0.05) is 24.3 Å². The van der Waals surface area contributed by atoms with Crippen LogP contribution in [0.2, 0.25) is 0 Å². The topological polar surface area (TPSA) is 45.8 Å². The van der Waals surface area contributed by atoms with Crippen molar-refractivity contribution in [3.05, 3.63) is 70.7 Å². The molecular formula is C22H19FN2O. The lowest BCUT2D eigenvalue weighted by molar-refractivity contribution is -0.116. The second kappa shape index (κ2) is 5.37. The molecule has 3 aromatic rings. The Hall–Kier alpha value is -2.75. The lowest BCUT2D eigenvalue weighted by Crippen LogP contribution is -2.30. The van der Waals surface area contributed by atoms with Gasteiger partial charge in [0.1, 0.15) is 5.82 Å². The summed E-state index contributed by atoms with van der Waals surface area (Å²) in [5.41, 5.74) is 5.85. The number of benzene rings is 2. The van der Waals surface area contributed by atoms with Crippen molar-refractivity contribution in [1.29, 1.82) is 0 Å². The summed E-state index contributed by atoms with van der Waals surface area (Å²) < 4.78 is 14.4. The molecule has 0 saturated heterocycles. The van der Waals surface area contributed by atoms with E-state index in [0.717, 1.165) is 46.0 Å². The van der Waals surface area contributed by atoms with E-state index in [-0.39, 0.29) is 17.0 Å². The van der Waals surface area contributed by atoms with E-state index in [1.807, 2.05) is 31.3 Å². The maximum atomic E-state index is 14.4. The standard InChI is InChI=1S/C22H19FN2O/c1-13-20(26)8-9-22(10-14-4-2-3-5-18(14)23)11-16-15(21(13)22)6-7-19-17(16)12-24-25-19/h2-7,12H,8-11H2,1H3,(H,24,25). The zero-order valence-electron chi connectivity index (χ0n) is 14.6. The highest BCUT2D eigenvalue weighted by atomic mass is 19.1. The summed E-state index contributed by atoms with van der Waals surface area (Å²) in [6.45, 7) is 1.93. The number of ketones is 1. The zero-order valence-corrected chi connectivity index (χ0v) is 14.6. The number of Topliss-reactive ketones (excluding diaryl/α,β-unsaturated/α-hetero) is 1. The zero-order chi connectivity index (χ0) is 17.9. The van der Waals surface area contributed by atoms with Crippen molar-refractivity contribution in [2.75, 3.05) is 0 Å². The first-order valence-electron chi connectivity index (χ1n) is 9.02. The Balaban J connectivity index is 1.74. The summed E-state index contributed by atoms with van der Waals surface area (Å²) in [6, 6.07) is 11.1. The fraction of sp³-hybridized carbons (Fsp3) is 0.273. The molecule has 130 valence electrons. The molecule has 26 heavy (non-hydrogen) atoms. The number of carbonyl (C=O) groups excluding carboxylic acids is 1. The lowest BCUT2D eigenvalue weighted by atomic mass is 9.67. The van der Waals surface area contributed by atoms with Gasteiger partial charge in [0.05, 0.1) is 11.7 Å². The number of carbonyl (C=O) groups is 1. The third-order valence-corrected chi connectivity index (χ3v) is 6.16. The van der Waals surface area contributed by atoms with Gasteiger partial charge in [0.25, 0.3) is 0 Å². The Morgan fingerprint density at radius 1 is 1.23 bits per heavy atom. The summed E-state index contributed by atoms with van der Waals surface area (Å²) in [7, 11) is 0. The number of fused-ring (bicyclic) bond motifs is 5. The number of aromatic amines is 1. The molecule has 0 bridgehead atoms. The molecule has 1 heterocycles. The first-order chi connectivity index (χ1) is 12.6. The molecule has 2 aromatic carbocycles. The van der Waals surface area contributed by atoms with Gasteiger partial charge >= 0.3 is 0 Å². The van der Waals surface area contributed by atoms with Crippen molar-refractivity contribution in [2.24, 2.45) is 5.41 Å². The van der Waals surface area contributed by atoms with E-state index in [1.54, 1.807) is 6.07 Å². The molecule has 2 aliphatic rings. The second-order valence-corrected chi connectivity index (χ2v) is 7.57. The van der Waals surface area contributed by atoms with Crippen LogP contribution in [0.1, 0.15) is 36.5 Å². The number of nitrogens with zero attached hydrogens (tertiary/aromatic N) is 1. The average molecular weight is 346 g/mol. The minimum Gasteiger partial charge on any atom is -0.295 e. The van der Waals surface area contributed by atoms with Crippen LogP contribution in [-0.2, 0) is 17.6 Å². The number of nitrogens with one attached hydrogen (secondary N) is 1. The normalized spacial score (nSPS) is 22.0. The maximum Gasteiger partial charge on any atom is 0.158 e. The fourth-order valence-corrected chi connectivity index (χ4v) is 4.95. The van der Waals surface area contributed by atoms with Crippen molar-refractivity contribution in [1.82, 2.24) is 10.2 Å². The Bertz CT molecular complexity index is 1090. The number of H-pyrrole nitrogens is 1. The summed E-state index contributed by atoms with van der Waals surface area (Å²) in [5.74, 6) is 0.0458. The van der Waals surface area contributed by atoms with Crippen LogP contribution in [-0.4, -0.2) is 16.0 Å². The van der Waals surface area contributed by atoms with Crippen LogP contribution in [0.4, 0.5) is 4.39 Å². The number of aromatic nitrogens is 2. The minimum atomic E-state index is -0.214. The van der Waals surface area contributed by atoms with Crippen molar-refractivity contribution < 1.29 is 9.18 Å². The Morgan fingerprint density at radius 3 is 2.92 bits per heavy atom. The van der Waals surface area contributed by atoms with Crippen LogP contribution in [0.5, 0.6) is 0 Å². The first kappa shape index (κ1) is 15.5. The molecule has 0 spiro atoms. The quantitative estimate of drug-likeness (QED) is 0.736. The molecule has 3 nitrogen and oxygen atoms in total. The van der Waals surface area contributed by atoms with E-state index >= 15 is 0 Å². The smallest absolute Gasteiger partial charge is 0.158 e. The van der Waals surface area contributed by atoms with Gasteiger partial charge in [-0.15, -0.1) is 0 Å². The average Bonchev–Trinajstić information content (AvgIpc) is 3.23. The highest BCUT2D eigenvalue weighted by Crippen LogP contribution is 2.56. The van der Waals surface area contributed by atoms with Crippen LogP contribution in [0, 0.1) is 11.2 Å². The number of halogens is 1. The third kappa shape index (κ3) is 2.05. The number of hydrogen-bond donors (Lipinski definition) is 1. The Labute approximate surface area is 150 Å². The highest BCUT2D eigenvalue weighted by Gasteiger charge is 2.47. The summed E-state index contributed by atoms with van der Waals surface area (Å²) in [6.07, 6.45) is 4.61. The van der Waals surface area contributed by atoms with Gasteiger partial charge in [-0.2, -0.15) is 5.10 Å².